The minimum atomic E-state index is -0.933. The number of benzene rings is 1. The average Bonchev–Trinajstić information content (AvgIpc) is 2.84. The molecule has 2 amide bonds. The van der Waals surface area contributed by atoms with E-state index < -0.39 is 11.6 Å². The molecule has 0 radical (unpaired) electrons. The zero-order chi connectivity index (χ0) is 18.9. The molecule has 0 aromatic heterocycles. The molecule has 0 saturated carbocycles. The van der Waals surface area contributed by atoms with Crippen LogP contribution in [0.15, 0.2) is 35.4 Å². The Kier molecular flexibility index (Phi) is 5.05. The molecule has 1 aromatic rings. The lowest BCUT2D eigenvalue weighted by molar-refractivity contribution is -0.152. The maximum Gasteiger partial charge on any atom is 0.335 e. The van der Waals surface area contributed by atoms with Crippen LogP contribution in [0.4, 0.5) is 0 Å². The van der Waals surface area contributed by atoms with E-state index in [1.807, 2.05) is 12.1 Å². The standard InChI is InChI=1S/C19H21ClN2O4/c1-12-16(17(24)21-11-14-3-5-15(20)6-4-14)19(26-18(12)25)7-9-22(10-8-19)13(2)23/h3-6H,7-11H2,1-2H3,(H,21,24). The Bertz CT molecular complexity index is 777. The molecule has 138 valence electrons. The fourth-order valence-electron chi connectivity index (χ4n) is 3.53. The van der Waals surface area contributed by atoms with Gasteiger partial charge >= 0.3 is 5.97 Å². The van der Waals surface area contributed by atoms with Crippen molar-refractivity contribution in [1.82, 2.24) is 10.2 Å². The van der Waals surface area contributed by atoms with Gasteiger partial charge in [-0.3, -0.25) is 9.59 Å². The second-order valence-electron chi connectivity index (χ2n) is 6.70. The van der Waals surface area contributed by atoms with Crippen molar-refractivity contribution in [3.8, 4) is 0 Å². The highest BCUT2D eigenvalue weighted by atomic mass is 35.5. The van der Waals surface area contributed by atoms with Crippen LogP contribution >= 0.6 is 11.6 Å². The van der Waals surface area contributed by atoms with E-state index in [1.165, 1.54) is 6.92 Å². The molecule has 2 aliphatic rings. The van der Waals surface area contributed by atoms with Crippen molar-refractivity contribution in [1.29, 1.82) is 0 Å². The summed E-state index contributed by atoms with van der Waals surface area (Å²) in [6, 6.07) is 7.19. The van der Waals surface area contributed by atoms with Crippen LogP contribution < -0.4 is 5.32 Å². The maximum atomic E-state index is 12.8. The van der Waals surface area contributed by atoms with Crippen LogP contribution in [0.25, 0.3) is 0 Å². The van der Waals surface area contributed by atoms with Crippen LogP contribution in [0.5, 0.6) is 0 Å². The van der Waals surface area contributed by atoms with Crippen LogP contribution in [0.2, 0.25) is 5.02 Å². The molecule has 2 aliphatic heterocycles. The maximum absolute atomic E-state index is 12.8. The van der Waals surface area contributed by atoms with Crippen molar-refractivity contribution in [2.75, 3.05) is 13.1 Å². The van der Waals surface area contributed by atoms with Gasteiger partial charge in [-0.05, 0) is 24.6 Å². The third kappa shape index (κ3) is 3.46. The van der Waals surface area contributed by atoms with Crippen LogP contribution in [0, 0.1) is 0 Å². The van der Waals surface area contributed by atoms with Gasteiger partial charge in [0.25, 0.3) is 5.91 Å². The van der Waals surface area contributed by atoms with Gasteiger partial charge in [0.1, 0.15) is 5.60 Å². The Morgan fingerprint density at radius 2 is 1.85 bits per heavy atom. The zero-order valence-corrected chi connectivity index (χ0v) is 15.6. The molecule has 1 saturated heterocycles. The third-order valence-electron chi connectivity index (χ3n) is 5.03. The molecule has 0 atom stereocenters. The highest BCUT2D eigenvalue weighted by Crippen LogP contribution is 2.41. The number of ether oxygens (including phenoxy) is 1. The molecule has 7 heteroatoms. The van der Waals surface area contributed by atoms with E-state index in [0.29, 0.717) is 48.6 Å². The number of halogens is 1. The normalized spacial score (nSPS) is 18.9. The van der Waals surface area contributed by atoms with Gasteiger partial charge in [-0.1, -0.05) is 23.7 Å². The summed E-state index contributed by atoms with van der Waals surface area (Å²) >= 11 is 5.87. The summed E-state index contributed by atoms with van der Waals surface area (Å²) in [5, 5.41) is 3.49. The first-order valence-electron chi connectivity index (χ1n) is 8.55. The molecule has 2 heterocycles. The average molecular weight is 377 g/mol. The summed E-state index contributed by atoms with van der Waals surface area (Å²) in [5.41, 5.74) is 0.707. The largest absolute Gasteiger partial charge is 0.450 e. The molecule has 1 aromatic carbocycles. The number of carbonyl (C=O) groups excluding carboxylic acids is 3. The van der Waals surface area contributed by atoms with Gasteiger partial charge in [0.2, 0.25) is 5.91 Å². The molecule has 0 unspecified atom stereocenters. The predicted molar refractivity (Wildman–Crippen MR) is 96.3 cm³/mol. The van der Waals surface area contributed by atoms with E-state index in [4.69, 9.17) is 16.3 Å². The summed E-state index contributed by atoms with van der Waals surface area (Å²) in [6.45, 7) is 4.38. The third-order valence-corrected chi connectivity index (χ3v) is 5.29. The Hall–Kier alpha value is -2.34. The Labute approximate surface area is 157 Å². The highest BCUT2D eigenvalue weighted by Gasteiger charge is 2.50. The van der Waals surface area contributed by atoms with E-state index in [-0.39, 0.29) is 11.8 Å². The van der Waals surface area contributed by atoms with Crippen molar-refractivity contribution in [3.63, 3.8) is 0 Å². The molecule has 26 heavy (non-hydrogen) atoms. The Morgan fingerprint density at radius 1 is 1.23 bits per heavy atom. The summed E-state index contributed by atoms with van der Waals surface area (Å²) in [5.74, 6) is -0.781. The van der Waals surface area contributed by atoms with E-state index >= 15 is 0 Å². The van der Waals surface area contributed by atoms with Gasteiger partial charge in [0.15, 0.2) is 0 Å². The number of likely N-dealkylation sites (tertiary alicyclic amines) is 1. The van der Waals surface area contributed by atoms with E-state index in [2.05, 4.69) is 5.32 Å². The van der Waals surface area contributed by atoms with Crippen molar-refractivity contribution in [3.05, 3.63) is 46.0 Å². The molecule has 0 aliphatic carbocycles. The van der Waals surface area contributed by atoms with Crippen molar-refractivity contribution in [2.24, 2.45) is 0 Å². The number of amides is 2. The summed E-state index contributed by atoms with van der Waals surface area (Å²) < 4.78 is 5.60. The quantitative estimate of drug-likeness (QED) is 0.821. The lowest BCUT2D eigenvalue weighted by atomic mass is 9.82. The number of rotatable bonds is 3. The molecule has 3 rings (SSSR count). The van der Waals surface area contributed by atoms with Crippen LogP contribution in [-0.4, -0.2) is 41.4 Å². The highest BCUT2D eigenvalue weighted by molar-refractivity contribution is 6.30. The molecule has 1 spiro atoms. The molecular weight excluding hydrogens is 356 g/mol. The SMILES string of the molecule is CC(=O)N1CCC2(CC1)OC(=O)C(C)=C2C(=O)NCc1ccc(Cl)cc1. The van der Waals surface area contributed by atoms with Crippen LogP contribution in [0.3, 0.4) is 0 Å². The predicted octanol–water partition coefficient (Wildman–Crippen LogP) is 2.21. The number of piperidine rings is 1. The fourth-order valence-corrected chi connectivity index (χ4v) is 3.66. The van der Waals surface area contributed by atoms with Crippen molar-refractivity contribution in [2.45, 2.75) is 38.8 Å². The second kappa shape index (κ2) is 7.11. The number of hydrogen-bond donors (Lipinski definition) is 1. The van der Waals surface area contributed by atoms with Crippen LogP contribution in [-0.2, 0) is 25.7 Å². The number of hydrogen-bond acceptors (Lipinski definition) is 4. The van der Waals surface area contributed by atoms with Crippen molar-refractivity contribution < 1.29 is 19.1 Å². The number of nitrogens with one attached hydrogen (secondary N) is 1. The molecule has 1 fully saturated rings. The van der Waals surface area contributed by atoms with Gasteiger partial charge in [0.05, 0.1) is 5.57 Å². The Morgan fingerprint density at radius 3 is 2.42 bits per heavy atom. The van der Waals surface area contributed by atoms with E-state index in [1.54, 1.807) is 24.0 Å². The minimum Gasteiger partial charge on any atom is -0.450 e. The first-order valence-corrected chi connectivity index (χ1v) is 8.93. The fraction of sp³-hybridized carbons (Fsp3) is 0.421. The topological polar surface area (TPSA) is 75.7 Å². The molecule has 1 N–H and O–H groups in total. The number of nitrogens with zero attached hydrogens (tertiary/aromatic N) is 1. The zero-order valence-electron chi connectivity index (χ0n) is 14.8. The smallest absolute Gasteiger partial charge is 0.335 e. The summed E-state index contributed by atoms with van der Waals surface area (Å²) in [7, 11) is 0. The molecule has 0 bridgehead atoms. The van der Waals surface area contributed by atoms with Gasteiger partial charge in [0, 0.05) is 50.0 Å². The molecule has 6 nitrogen and oxygen atoms in total. The number of esters is 1. The lowest BCUT2D eigenvalue weighted by Crippen LogP contribution is -2.49. The monoisotopic (exact) mass is 376 g/mol. The summed E-state index contributed by atoms with van der Waals surface area (Å²) in [4.78, 5) is 38.2. The van der Waals surface area contributed by atoms with Crippen molar-refractivity contribution >= 4 is 29.4 Å². The first kappa shape index (κ1) is 18.5. The minimum absolute atomic E-state index is 0.0152. The number of carbonyl (C=O) groups is 3. The lowest BCUT2D eigenvalue weighted by Gasteiger charge is -2.39. The van der Waals surface area contributed by atoms with Crippen LogP contribution in [0.1, 0.15) is 32.3 Å². The Balaban J connectivity index is 1.75. The van der Waals surface area contributed by atoms with Gasteiger partial charge in [-0.15, -0.1) is 0 Å². The van der Waals surface area contributed by atoms with Gasteiger partial charge in [-0.2, -0.15) is 0 Å². The van der Waals surface area contributed by atoms with Gasteiger partial charge < -0.3 is 15.0 Å². The van der Waals surface area contributed by atoms with E-state index in [0.717, 1.165) is 5.56 Å². The molecular formula is C19H21ClN2O4. The summed E-state index contributed by atoms with van der Waals surface area (Å²) in [6.07, 6.45) is 0.860. The second-order valence-corrected chi connectivity index (χ2v) is 7.14. The van der Waals surface area contributed by atoms with E-state index in [9.17, 15) is 14.4 Å². The van der Waals surface area contributed by atoms with Gasteiger partial charge in [-0.25, -0.2) is 4.79 Å². The first-order chi connectivity index (χ1) is 12.3.